The largest absolute Gasteiger partial charge is 0.432 e. The molecule has 0 saturated heterocycles. The van der Waals surface area contributed by atoms with Crippen LogP contribution in [0.1, 0.15) is 5.69 Å². The van der Waals surface area contributed by atoms with Crippen LogP contribution in [-0.2, 0) is 38.9 Å². The molecule has 1 heterocycles. The fraction of sp³-hybridized carbons (Fsp3) is 0.250. The number of halogens is 3. The maximum absolute atomic E-state index is 11.5. The Morgan fingerprint density at radius 2 is 2.00 bits per heavy atom. The zero-order valence-electron chi connectivity index (χ0n) is 4.81. The molecule has 0 fully saturated rings. The second-order valence-electron chi connectivity index (χ2n) is 1.47. The molecular weight excluding hydrogens is 222 g/mol. The quantitative estimate of drug-likeness (QED) is 0.710. The summed E-state index contributed by atoms with van der Waals surface area (Å²) in [5, 5.41) is 4.95. The number of nitrogens with one attached hydrogen (secondary N) is 1. The topological polar surface area (TPSA) is 28.7 Å². The van der Waals surface area contributed by atoms with Crippen molar-refractivity contribution in [3.63, 3.8) is 0 Å². The Labute approximate surface area is 80.1 Å². The summed E-state index contributed by atoms with van der Waals surface area (Å²) in [4.78, 5) is 0. The molecule has 1 aromatic heterocycles. The molecule has 0 amide bonds. The van der Waals surface area contributed by atoms with Crippen LogP contribution in [0.15, 0.2) is 12.3 Å². The summed E-state index contributed by atoms with van der Waals surface area (Å²) in [6.45, 7) is 0. The number of nitrogens with zero attached hydrogens (tertiary/aromatic N) is 1. The van der Waals surface area contributed by atoms with Crippen molar-refractivity contribution >= 4 is 0 Å². The Morgan fingerprint density at radius 1 is 1.40 bits per heavy atom. The van der Waals surface area contributed by atoms with Gasteiger partial charge < -0.3 is 0 Å². The number of aromatic amines is 1. The van der Waals surface area contributed by atoms with Crippen molar-refractivity contribution < 1.29 is 45.9 Å². The molecule has 0 aliphatic heterocycles. The van der Waals surface area contributed by atoms with E-state index >= 15 is 0 Å². The summed E-state index contributed by atoms with van der Waals surface area (Å²) >= 11 is 0. The van der Waals surface area contributed by atoms with Crippen LogP contribution >= 0.6 is 0 Å². The molecule has 0 aliphatic rings. The van der Waals surface area contributed by atoms with Gasteiger partial charge in [-0.2, -0.15) is 18.3 Å². The van der Waals surface area contributed by atoms with Gasteiger partial charge in [-0.1, -0.05) is 0 Å². The van der Waals surface area contributed by atoms with Crippen LogP contribution in [0.4, 0.5) is 13.2 Å². The Hall–Kier alpha value is 0.104. The Bertz CT molecular complexity index is 181. The van der Waals surface area contributed by atoms with E-state index in [1.54, 1.807) is 5.10 Å². The maximum Gasteiger partial charge on any atom is 0.432 e. The number of hydrogen-bond donors (Lipinski definition) is 1. The van der Waals surface area contributed by atoms with Gasteiger partial charge in [-0.25, -0.2) is 0 Å². The van der Waals surface area contributed by atoms with Crippen molar-refractivity contribution in [2.45, 2.75) is 6.18 Å². The number of rotatable bonds is 0. The first kappa shape index (κ1) is 10.1. The molecule has 0 saturated carbocycles. The Balaban J connectivity index is 0.000000810. The molecule has 0 bridgehead atoms. The summed E-state index contributed by atoms with van der Waals surface area (Å²) in [5.74, 6) is 0. The number of H-pyrrole nitrogens is 1. The van der Waals surface area contributed by atoms with Gasteiger partial charge >= 0.3 is 6.18 Å². The van der Waals surface area contributed by atoms with E-state index in [0.29, 0.717) is 0 Å². The van der Waals surface area contributed by atoms with E-state index in [1.165, 1.54) is 0 Å². The fourth-order valence-corrected chi connectivity index (χ4v) is 0.414. The van der Waals surface area contributed by atoms with Gasteiger partial charge in [-0.3, -0.25) is 5.10 Å². The third-order valence-corrected chi connectivity index (χ3v) is 0.806. The van der Waals surface area contributed by atoms with Gasteiger partial charge in [-0.15, -0.1) is 0 Å². The minimum Gasteiger partial charge on any atom is -0.274 e. The third-order valence-electron chi connectivity index (χ3n) is 0.806. The van der Waals surface area contributed by atoms with Gasteiger partial charge in [0.05, 0.1) is 0 Å². The molecule has 10 heavy (non-hydrogen) atoms. The van der Waals surface area contributed by atoms with E-state index < -0.39 is 11.9 Å². The monoisotopic (exact) mass is 225 g/mol. The second kappa shape index (κ2) is 3.48. The Kier molecular flexibility index (Phi) is 3.52. The van der Waals surface area contributed by atoms with Crippen molar-refractivity contribution in [2.75, 3.05) is 0 Å². The van der Waals surface area contributed by atoms with Crippen LogP contribution in [0.5, 0.6) is 0 Å². The Morgan fingerprint density at radius 3 is 2.20 bits per heavy atom. The van der Waals surface area contributed by atoms with Gasteiger partial charge in [0.25, 0.3) is 0 Å². The zero-order chi connectivity index (χ0) is 6.91. The number of alkyl halides is 3. The van der Waals surface area contributed by atoms with Gasteiger partial charge in [0.15, 0.2) is 0 Å². The van der Waals surface area contributed by atoms with E-state index in [4.69, 9.17) is 0 Å². The van der Waals surface area contributed by atoms with E-state index in [0.717, 1.165) is 12.3 Å². The van der Waals surface area contributed by atoms with E-state index in [9.17, 15) is 13.2 Å². The molecule has 0 aromatic carbocycles. The molecular formula is C4H3F3N2Y. The first-order chi connectivity index (χ1) is 4.11. The van der Waals surface area contributed by atoms with E-state index in [1.807, 2.05) is 0 Å². The van der Waals surface area contributed by atoms with Gasteiger partial charge in [-0.05, 0) is 6.07 Å². The molecule has 1 rings (SSSR count). The molecule has 2 nitrogen and oxygen atoms in total. The summed E-state index contributed by atoms with van der Waals surface area (Å²) in [6, 6.07) is 0.875. The predicted molar refractivity (Wildman–Crippen MR) is 23.6 cm³/mol. The van der Waals surface area contributed by atoms with E-state index in [2.05, 4.69) is 5.10 Å². The molecule has 1 N–H and O–H groups in total. The molecule has 1 aromatic rings. The van der Waals surface area contributed by atoms with Crippen LogP contribution in [0.3, 0.4) is 0 Å². The normalized spacial score (nSPS) is 10.7. The van der Waals surface area contributed by atoms with Crippen molar-refractivity contribution in [1.82, 2.24) is 10.2 Å². The first-order valence-electron chi connectivity index (χ1n) is 2.17. The standard InChI is InChI=1S/C4H3F3N2.Y/c5-4(6,7)3-1-2-8-9-3;/h1-2H,(H,8,9);. The minimum absolute atomic E-state index is 0. The van der Waals surface area contributed by atoms with Crippen molar-refractivity contribution in [2.24, 2.45) is 0 Å². The zero-order valence-corrected chi connectivity index (χ0v) is 7.65. The SMILES string of the molecule is FC(F)(F)c1ccn[nH]1.[Y]. The van der Waals surface area contributed by atoms with Gasteiger partial charge in [0.2, 0.25) is 0 Å². The smallest absolute Gasteiger partial charge is 0.274 e. The predicted octanol–water partition coefficient (Wildman–Crippen LogP) is 1.43. The average Bonchev–Trinajstić information content (AvgIpc) is 2.08. The van der Waals surface area contributed by atoms with Crippen LogP contribution in [0.2, 0.25) is 0 Å². The molecule has 0 aliphatic carbocycles. The summed E-state index contributed by atoms with van der Waals surface area (Å²) < 4.78 is 34.6. The van der Waals surface area contributed by atoms with Crippen LogP contribution < -0.4 is 0 Å². The first-order valence-corrected chi connectivity index (χ1v) is 2.17. The third kappa shape index (κ3) is 2.38. The molecule has 6 heteroatoms. The van der Waals surface area contributed by atoms with Crippen molar-refractivity contribution in [3.05, 3.63) is 18.0 Å². The molecule has 0 unspecified atom stereocenters. The molecule has 0 spiro atoms. The molecule has 53 valence electrons. The summed E-state index contributed by atoms with van der Waals surface area (Å²) in [7, 11) is 0. The fourth-order valence-electron chi connectivity index (χ4n) is 0.414. The van der Waals surface area contributed by atoms with Crippen LogP contribution in [-0.4, -0.2) is 10.2 Å². The second-order valence-corrected chi connectivity index (χ2v) is 1.47. The maximum atomic E-state index is 11.5. The summed E-state index contributed by atoms with van der Waals surface area (Å²) in [6.07, 6.45) is -3.24. The minimum atomic E-state index is -4.30. The van der Waals surface area contributed by atoms with Crippen molar-refractivity contribution in [3.8, 4) is 0 Å². The number of hydrogen-bond acceptors (Lipinski definition) is 1. The average molecular weight is 225 g/mol. The van der Waals surface area contributed by atoms with Crippen LogP contribution in [0, 0.1) is 0 Å². The number of aromatic nitrogens is 2. The summed E-state index contributed by atoms with van der Waals surface area (Å²) in [5.41, 5.74) is -0.817. The van der Waals surface area contributed by atoms with Crippen molar-refractivity contribution in [1.29, 1.82) is 0 Å². The molecule has 0 atom stereocenters. The van der Waals surface area contributed by atoms with Gasteiger partial charge in [0.1, 0.15) is 5.69 Å². The van der Waals surface area contributed by atoms with Gasteiger partial charge in [0, 0.05) is 38.9 Å². The van der Waals surface area contributed by atoms with Crippen LogP contribution in [0.25, 0.3) is 0 Å². The molecule has 1 radical (unpaired) electrons. The van der Waals surface area contributed by atoms with E-state index in [-0.39, 0.29) is 32.7 Å².